The number of para-hydroxylation sites is 2. The van der Waals surface area contributed by atoms with Crippen LogP contribution in [0.25, 0.3) is 5.69 Å². The number of anilines is 1. The highest BCUT2D eigenvalue weighted by atomic mass is 16.3. The van der Waals surface area contributed by atoms with Crippen LogP contribution < -0.4 is 5.32 Å². The molecule has 29 heavy (non-hydrogen) atoms. The lowest BCUT2D eigenvalue weighted by atomic mass is 10.2. The predicted octanol–water partition coefficient (Wildman–Crippen LogP) is 3.30. The van der Waals surface area contributed by atoms with Crippen LogP contribution in [0.3, 0.4) is 0 Å². The fraction of sp³-hybridized carbons (Fsp3) is 0.227. The van der Waals surface area contributed by atoms with Crippen LogP contribution in [0.4, 0.5) is 5.82 Å². The van der Waals surface area contributed by atoms with Crippen LogP contribution in [0.2, 0.25) is 0 Å². The second-order valence-electron chi connectivity index (χ2n) is 6.65. The van der Waals surface area contributed by atoms with Crippen molar-refractivity contribution in [2.24, 2.45) is 0 Å². The molecule has 7 heteroatoms. The number of hydrogen-bond donors (Lipinski definition) is 2. The molecule has 0 fully saturated rings. The van der Waals surface area contributed by atoms with Crippen LogP contribution in [0, 0.1) is 11.3 Å². The van der Waals surface area contributed by atoms with E-state index in [2.05, 4.69) is 16.5 Å². The molecule has 1 amide bonds. The molecule has 0 saturated heterocycles. The van der Waals surface area contributed by atoms with Gasteiger partial charge in [-0.1, -0.05) is 43.3 Å². The van der Waals surface area contributed by atoms with Gasteiger partial charge in [-0.3, -0.25) is 9.69 Å². The topological polar surface area (TPSA) is 94.2 Å². The molecule has 0 bridgehead atoms. The number of phenolic OH excluding ortho intramolecular Hbond substituents is 1. The highest BCUT2D eigenvalue weighted by molar-refractivity contribution is 5.93. The van der Waals surface area contributed by atoms with Gasteiger partial charge in [0, 0.05) is 12.1 Å². The minimum Gasteiger partial charge on any atom is -0.508 e. The second kappa shape index (κ2) is 9.53. The number of phenols is 1. The van der Waals surface area contributed by atoms with Crippen molar-refractivity contribution in [1.29, 1.82) is 5.26 Å². The van der Waals surface area contributed by atoms with E-state index in [1.807, 2.05) is 54.3 Å². The number of rotatable bonds is 8. The summed E-state index contributed by atoms with van der Waals surface area (Å²) < 4.78 is 1.55. The van der Waals surface area contributed by atoms with Gasteiger partial charge >= 0.3 is 0 Å². The molecule has 7 nitrogen and oxygen atoms in total. The number of carbonyl (C=O) groups excluding carboxylic acids is 1. The Balaban J connectivity index is 1.76. The Hall–Kier alpha value is -3.63. The SMILES string of the molecule is CCCN(CC(=O)Nc1c(C#N)cnn1-c1ccccc1)Cc1ccccc1O. The number of hydrogen-bond acceptors (Lipinski definition) is 5. The smallest absolute Gasteiger partial charge is 0.239 e. The first kappa shape index (κ1) is 20.1. The number of benzene rings is 2. The lowest BCUT2D eigenvalue weighted by Gasteiger charge is -2.22. The van der Waals surface area contributed by atoms with Crippen LogP contribution in [0.1, 0.15) is 24.5 Å². The Bertz CT molecular complexity index is 1010. The average molecular weight is 389 g/mol. The Kier molecular flexibility index (Phi) is 6.61. The maximum Gasteiger partial charge on any atom is 0.239 e. The first-order chi connectivity index (χ1) is 14.1. The Labute approximate surface area is 169 Å². The largest absolute Gasteiger partial charge is 0.508 e. The van der Waals surface area contributed by atoms with Crippen LogP contribution >= 0.6 is 0 Å². The van der Waals surface area contributed by atoms with Crippen molar-refractivity contribution in [1.82, 2.24) is 14.7 Å². The lowest BCUT2D eigenvalue weighted by Crippen LogP contribution is -2.34. The molecule has 0 aliphatic rings. The second-order valence-corrected chi connectivity index (χ2v) is 6.65. The summed E-state index contributed by atoms with van der Waals surface area (Å²) in [5, 5.41) is 26.5. The molecule has 0 atom stereocenters. The van der Waals surface area contributed by atoms with Crippen LogP contribution in [-0.2, 0) is 11.3 Å². The molecule has 0 radical (unpaired) electrons. The molecule has 0 unspecified atom stereocenters. The third kappa shape index (κ3) is 5.00. The van der Waals surface area contributed by atoms with Crippen molar-refractivity contribution >= 4 is 11.7 Å². The molecule has 3 aromatic rings. The van der Waals surface area contributed by atoms with Gasteiger partial charge in [0.05, 0.1) is 18.4 Å². The van der Waals surface area contributed by atoms with Gasteiger partial charge in [0.2, 0.25) is 5.91 Å². The summed E-state index contributed by atoms with van der Waals surface area (Å²) in [7, 11) is 0. The molecular formula is C22H23N5O2. The zero-order valence-electron chi connectivity index (χ0n) is 16.2. The minimum absolute atomic E-state index is 0.132. The number of nitrogens with zero attached hydrogens (tertiary/aromatic N) is 4. The first-order valence-corrected chi connectivity index (χ1v) is 9.45. The van der Waals surface area contributed by atoms with Crippen molar-refractivity contribution in [3.05, 3.63) is 71.9 Å². The molecule has 0 aliphatic heterocycles. The molecule has 148 valence electrons. The van der Waals surface area contributed by atoms with Gasteiger partial charge in [-0.25, -0.2) is 4.68 Å². The van der Waals surface area contributed by atoms with Gasteiger partial charge in [-0.15, -0.1) is 0 Å². The number of nitrogens with one attached hydrogen (secondary N) is 1. The van der Waals surface area contributed by atoms with E-state index in [4.69, 9.17) is 0 Å². The summed E-state index contributed by atoms with van der Waals surface area (Å²) in [6, 6.07) is 18.5. The van der Waals surface area contributed by atoms with Crippen molar-refractivity contribution in [3.8, 4) is 17.5 Å². The van der Waals surface area contributed by atoms with Crippen LogP contribution in [0.15, 0.2) is 60.8 Å². The number of carbonyl (C=O) groups is 1. The number of nitriles is 1. The van der Waals surface area contributed by atoms with E-state index in [-0.39, 0.29) is 18.2 Å². The molecule has 0 saturated carbocycles. The van der Waals surface area contributed by atoms with E-state index >= 15 is 0 Å². The monoisotopic (exact) mass is 389 g/mol. The highest BCUT2D eigenvalue weighted by Crippen LogP contribution is 2.20. The molecule has 2 aromatic carbocycles. The molecule has 1 heterocycles. The summed E-state index contributed by atoms with van der Waals surface area (Å²) in [4.78, 5) is 14.7. The number of aromatic hydroxyl groups is 1. The van der Waals surface area contributed by atoms with Crippen molar-refractivity contribution in [2.45, 2.75) is 19.9 Å². The zero-order valence-corrected chi connectivity index (χ0v) is 16.2. The van der Waals surface area contributed by atoms with E-state index in [0.29, 0.717) is 24.5 Å². The van der Waals surface area contributed by atoms with E-state index in [0.717, 1.165) is 17.7 Å². The van der Waals surface area contributed by atoms with E-state index in [1.54, 1.807) is 16.8 Å². The summed E-state index contributed by atoms with van der Waals surface area (Å²) in [5.41, 5.74) is 1.81. The maximum absolute atomic E-state index is 12.8. The van der Waals surface area contributed by atoms with Crippen molar-refractivity contribution in [3.63, 3.8) is 0 Å². The third-order valence-electron chi connectivity index (χ3n) is 4.44. The summed E-state index contributed by atoms with van der Waals surface area (Å²) in [6.45, 7) is 3.32. The Morgan fingerprint density at radius 2 is 1.93 bits per heavy atom. The fourth-order valence-corrected chi connectivity index (χ4v) is 3.11. The fourth-order valence-electron chi connectivity index (χ4n) is 3.11. The van der Waals surface area contributed by atoms with Crippen LogP contribution in [0.5, 0.6) is 5.75 Å². The van der Waals surface area contributed by atoms with Crippen molar-refractivity contribution < 1.29 is 9.90 Å². The zero-order chi connectivity index (χ0) is 20.6. The lowest BCUT2D eigenvalue weighted by molar-refractivity contribution is -0.117. The summed E-state index contributed by atoms with van der Waals surface area (Å²) in [5.74, 6) is 0.314. The standard InChI is InChI=1S/C22H23N5O2/c1-2-12-26(15-17-8-6-7-11-20(17)28)16-21(29)25-22-18(13-23)14-24-27(22)19-9-4-3-5-10-19/h3-11,14,28H,2,12,15-16H2,1H3,(H,25,29). The van der Waals surface area contributed by atoms with Crippen LogP contribution in [-0.4, -0.2) is 38.8 Å². The van der Waals surface area contributed by atoms with Crippen molar-refractivity contribution in [2.75, 3.05) is 18.4 Å². The molecule has 1 aromatic heterocycles. The Morgan fingerprint density at radius 1 is 1.21 bits per heavy atom. The average Bonchev–Trinajstić information content (AvgIpc) is 3.13. The maximum atomic E-state index is 12.8. The molecule has 0 spiro atoms. The molecule has 2 N–H and O–H groups in total. The molecule has 3 rings (SSSR count). The summed E-state index contributed by atoms with van der Waals surface area (Å²) >= 11 is 0. The van der Waals surface area contributed by atoms with Gasteiger partial charge in [-0.2, -0.15) is 10.4 Å². The first-order valence-electron chi connectivity index (χ1n) is 9.45. The van der Waals surface area contributed by atoms with Gasteiger partial charge in [-0.05, 0) is 31.2 Å². The number of aromatic nitrogens is 2. The van der Waals surface area contributed by atoms with Gasteiger partial charge in [0.1, 0.15) is 17.4 Å². The minimum atomic E-state index is -0.247. The normalized spacial score (nSPS) is 10.7. The molecule has 0 aliphatic carbocycles. The predicted molar refractivity (Wildman–Crippen MR) is 111 cm³/mol. The quantitative estimate of drug-likeness (QED) is 0.616. The Morgan fingerprint density at radius 3 is 2.62 bits per heavy atom. The molecular weight excluding hydrogens is 366 g/mol. The number of amides is 1. The highest BCUT2D eigenvalue weighted by Gasteiger charge is 2.18. The third-order valence-corrected chi connectivity index (χ3v) is 4.44. The van der Waals surface area contributed by atoms with E-state index < -0.39 is 0 Å². The van der Waals surface area contributed by atoms with Gasteiger partial charge in [0.25, 0.3) is 0 Å². The van der Waals surface area contributed by atoms with Gasteiger partial charge < -0.3 is 10.4 Å². The van der Waals surface area contributed by atoms with E-state index in [9.17, 15) is 15.2 Å². The van der Waals surface area contributed by atoms with Gasteiger partial charge in [0.15, 0.2) is 5.82 Å². The van der Waals surface area contributed by atoms with E-state index in [1.165, 1.54) is 6.20 Å². The summed E-state index contributed by atoms with van der Waals surface area (Å²) in [6.07, 6.45) is 2.31.